The third kappa shape index (κ3) is 5.48. The molecule has 0 unspecified atom stereocenters. The molecule has 172 valence electrons. The smallest absolute Gasteiger partial charge is 0.303 e. The molecule has 0 N–H and O–H groups in total. The summed E-state index contributed by atoms with van der Waals surface area (Å²) < 4.78 is 38.3. The van der Waals surface area contributed by atoms with Crippen LogP contribution in [0.5, 0.6) is 5.75 Å². The van der Waals surface area contributed by atoms with Crippen molar-refractivity contribution < 1.29 is 27.5 Å². The molecule has 1 aromatic carbocycles. The number of nitrogens with zero attached hydrogens (tertiary/aromatic N) is 3. The van der Waals surface area contributed by atoms with Crippen LogP contribution in [0.15, 0.2) is 23.1 Å². The highest BCUT2D eigenvalue weighted by Gasteiger charge is 2.30. The molecule has 2 saturated heterocycles. The zero-order chi connectivity index (χ0) is 22.6. The molecule has 3 rings (SSSR count). The monoisotopic (exact) mass is 453 g/mol. The minimum Gasteiger partial charge on any atom is -0.495 e. The summed E-state index contributed by atoms with van der Waals surface area (Å²) in [6.45, 7) is 6.09. The normalized spacial score (nSPS) is 20.4. The van der Waals surface area contributed by atoms with E-state index in [1.807, 2.05) is 4.90 Å². The number of hydrogen-bond acceptors (Lipinski definition) is 7. The SMILES string of the molecule is COc1ccc(S(=O)(=O)N2CCC[C@@H](C)C2)cc1N1CCN(C(=O)COC(C)=O)CC1. The maximum absolute atomic E-state index is 13.2. The molecule has 0 spiro atoms. The van der Waals surface area contributed by atoms with Gasteiger partial charge in [-0.05, 0) is 37.0 Å². The second-order valence-electron chi connectivity index (χ2n) is 8.09. The number of rotatable bonds is 6. The zero-order valence-electron chi connectivity index (χ0n) is 18.4. The van der Waals surface area contributed by atoms with Crippen LogP contribution < -0.4 is 9.64 Å². The van der Waals surface area contributed by atoms with Crippen molar-refractivity contribution in [3.05, 3.63) is 18.2 Å². The first kappa shape index (κ1) is 23.3. The molecule has 1 amide bonds. The van der Waals surface area contributed by atoms with Gasteiger partial charge in [0.15, 0.2) is 6.61 Å². The minimum absolute atomic E-state index is 0.239. The van der Waals surface area contributed by atoms with Crippen molar-refractivity contribution in [1.29, 1.82) is 0 Å². The molecule has 0 saturated carbocycles. The van der Waals surface area contributed by atoms with E-state index in [2.05, 4.69) is 6.92 Å². The number of anilines is 1. The summed E-state index contributed by atoms with van der Waals surface area (Å²) in [6.07, 6.45) is 1.91. The summed E-state index contributed by atoms with van der Waals surface area (Å²) in [5, 5.41) is 0. The Morgan fingerprint density at radius 2 is 1.84 bits per heavy atom. The fraction of sp³-hybridized carbons (Fsp3) is 0.619. The van der Waals surface area contributed by atoms with Crippen LogP contribution in [0.4, 0.5) is 5.69 Å². The Bertz CT molecular complexity index is 912. The topological polar surface area (TPSA) is 96.5 Å². The summed E-state index contributed by atoms with van der Waals surface area (Å²) in [4.78, 5) is 27.0. The molecule has 1 atom stereocenters. The van der Waals surface area contributed by atoms with Crippen LogP contribution in [0.1, 0.15) is 26.7 Å². The van der Waals surface area contributed by atoms with Gasteiger partial charge in [-0.2, -0.15) is 4.31 Å². The Balaban J connectivity index is 1.74. The third-order valence-corrected chi connectivity index (χ3v) is 7.64. The van der Waals surface area contributed by atoms with E-state index >= 15 is 0 Å². The number of sulfonamides is 1. The average molecular weight is 454 g/mol. The predicted molar refractivity (Wildman–Crippen MR) is 116 cm³/mol. The number of methoxy groups -OCH3 is 1. The van der Waals surface area contributed by atoms with Crippen LogP contribution in [0, 0.1) is 5.92 Å². The van der Waals surface area contributed by atoms with E-state index in [0.29, 0.717) is 56.6 Å². The molecule has 0 radical (unpaired) electrons. The molecule has 10 heteroatoms. The van der Waals surface area contributed by atoms with E-state index in [0.717, 1.165) is 12.8 Å². The first-order valence-corrected chi connectivity index (χ1v) is 12.0. The highest BCUT2D eigenvalue weighted by atomic mass is 32.2. The number of amides is 1. The summed E-state index contributed by atoms with van der Waals surface area (Å²) in [7, 11) is -2.03. The molecular weight excluding hydrogens is 422 g/mol. The van der Waals surface area contributed by atoms with E-state index in [1.54, 1.807) is 34.5 Å². The Kier molecular flexibility index (Phi) is 7.42. The van der Waals surface area contributed by atoms with Gasteiger partial charge in [0, 0.05) is 46.2 Å². The lowest BCUT2D eigenvalue weighted by atomic mass is 10.0. The average Bonchev–Trinajstić information content (AvgIpc) is 2.77. The van der Waals surface area contributed by atoms with E-state index in [9.17, 15) is 18.0 Å². The van der Waals surface area contributed by atoms with Crippen molar-refractivity contribution in [2.75, 3.05) is 57.9 Å². The van der Waals surface area contributed by atoms with Crippen molar-refractivity contribution in [2.45, 2.75) is 31.6 Å². The standard InChI is InChI=1S/C21H31N3O6S/c1-16-5-4-8-24(14-16)31(27,28)18-6-7-20(29-3)19(13-18)22-9-11-23(12-10-22)21(26)15-30-17(2)25/h6-7,13,16H,4-5,8-12,14-15H2,1-3H3/t16-/m1/s1. The van der Waals surface area contributed by atoms with Gasteiger partial charge in [-0.25, -0.2) is 8.42 Å². The van der Waals surface area contributed by atoms with Gasteiger partial charge >= 0.3 is 5.97 Å². The largest absolute Gasteiger partial charge is 0.495 e. The fourth-order valence-corrected chi connectivity index (χ4v) is 5.66. The van der Waals surface area contributed by atoms with Crippen molar-refractivity contribution >= 4 is 27.6 Å². The lowest BCUT2D eigenvalue weighted by Gasteiger charge is -2.37. The lowest BCUT2D eigenvalue weighted by Crippen LogP contribution is -2.50. The number of esters is 1. The summed E-state index contributed by atoms with van der Waals surface area (Å²) >= 11 is 0. The molecule has 1 aromatic rings. The van der Waals surface area contributed by atoms with Gasteiger partial charge in [-0.3, -0.25) is 9.59 Å². The van der Waals surface area contributed by atoms with Gasteiger partial charge in [-0.15, -0.1) is 0 Å². The Labute approximate surface area is 183 Å². The first-order chi connectivity index (χ1) is 14.7. The van der Waals surface area contributed by atoms with Gasteiger partial charge in [0.25, 0.3) is 5.91 Å². The maximum atomic E-state index is 13.2. The minimum atomic E-state index is -3.58. The van der Waals surface area contributed by atoms with Gasteiger partial charge in [0.1, 0.15) is 5.75 Å². The van der Waals surface area contributed by atoms with E-state index in [4.69, 9.17) is 9.47 Å². The van der Waals surface area contributed by atoms with E-state index < -0.39 is 16.0 Å². The number of piperidine rings is 1. The number of piperazine rings is 1. The molecule has 2 heterocycles. The Morgan fingerprint density at radius 1 is 1.13 bits per heavy atom. The predicted octanol–water partition coefficient (Wildman–Crippen LogP) is 1.33. The number of ether oxygens (including phenoxy) is 2. The molecule has 0 bridgehead atoms. The Hall–Kier alpha value is -2.33. The summed E-state index contributed by atoms with van der Waals surface area (Å²) in [5.74, 6) is 0.208. The molecule has 2 aliphatic heterocycles. The van der Waals surface area contributed by atoms with Crippen molar-refractivity contribution in [3.63, 3.8) is 0 Å². The summed E-state index contributed by atoms with van der Waals surface area (Å²) in [5.41, 5.74) is 0.695. The molecule has 31 heavy (non-hydrogen) atoms. The highest BCUT2D eigenvalue weighted by Crippen LogP contribution is 2.33. The van der Waals surface area contributed by atoms with Crippen molar-refractivity contribution in [3.8, 4) is 5.75 Å². The molecule has 9 nitrogen and oxygen atoms in total. The maximum Gasteiger partial charge on any atom is 0.303 e. The number of benzene rings is 1. The third-order valence-electron chi connectivity index (χ3n) is 5.78. The van der Waals surface area contributed by atoms with E-state index in [-0.39, 0.29) is 17.4 Å². The molecule has 0 aliphatic carbocycles. The van der Waals surface area contributed by atoms with Crippen LogP contribution in [0.3, 0.4) is 0 Å². The number of hydrogen-bond donors (Lipinski definition) is 0. The molecule has 2 aliphatic rings. The van der Waals surface area contributed by atoms with Crippen LogP contribution >= 0.6 is 0 Å². The van der Waals surface area contributed by atoms with Gasteiger partial charge in [0.2, 0.25) is 10.0 Å². The van der Waals surface area contributed by atoms with E-state index in [1.165, 1.54) is 6.92 Å². The highest BCUT2D eigenvalue weighted by molar-refractivity contribution is 7.89. The van der Waals surface area contributed by atoms with Crippen LogP contribution in [-0.2, 0) is 24.3 Å². The number of carbonyl (C=O) groups excluding carboxylic acids is 2. The summed E-state index contributed by atoms with van der Waals surface area (Å²) in [6, 6.07) is 4.95. The quantitative estimate of drug-likeness (QED) is 0.600. The van der Waals surface area contributed by atoms with Crippen molar-refractivity contribution in [1.82, 2.24) is 9.21 Å². The first-order valence-electron chi connectivity index (χ1n) is 10.6. The van der Waals surface area contributed by atoms with Crippen LogP contribution in [-0.4, -0.2) is 82.5 Å². The Morgan fingerprint density at radius 3 is 2.45 bits per heavy atom. The lowest BCUT2D eigenvalue weighted by molar-refractivity contribution is -0.150. The van der Waals surface area contributed by atoms with Crippen LogP contribution in [0.25, 0.3) is 0 Å². The molecule has 2 fully saturated rings. The number of carbonyl (C=O) groups is 2. The van der Waals surface area contributed by atoms with Gasteiger partial charge in [-0.1, -0.05) is 6.92 Å². The second-order valence-corrected chi connectivity index (χ2v) is 10.0. The fourth-order valence-electron chi connectivity index (χ4n) is 4.04. The van der Waals surface area contributed by atoms with Crippen LogP contribution in [0.2, 0.25) is 0 Å². The zero-order valence-corrected chi connectivity index (χ0v) is 19.2. The molecule has 0 aromatic heterocycles. The van der Waals surface area contributed by atoms with Gasteiger partial charge < -0.3 is 19.3 Å². The van der Waals surface area contributed by atoms with Gasteiger partial charge in [0.05, 0.1) is 17.7 Å². The molecular formula is C21H31N3O6S. The second kappa shape index (κ2) is 9.86. The van der Waals surface area contributed by atoms with Crippen molar-refractivity contribution in [2.24, 2.45) is 5.92 Å².